The minimum atomic E-state index is 0.0688. The zero-order valence-electron chi connectivity index (χ0n) is 18.6. The summed E-state index contributed by atoms with van der Waals surface area (Å²) in [7, 11) is 3.51. The number of hydrogen-bond acceptors (Lipinski definition) is 5. The summed E-state index contributed by atoms with van der Waals surface area (Å²) in [6.07, 6.45) is 6.17. The molecule has 0 N–H and O–H groups in total. The van der Waals surface area contributed by atoms with Gasteiger partial charge >= 0.3 is 0 Å². The number of methoxy groups -OCH3 is 1. The average molecular weight is 424 g/mol. The van der Waals surface area contributed by atoms with E-state index >= 15 is 0 Å². The molecule has 6 heteroatoms. The number of benzene rings is 1. The Morgan fingerprint density at radius 1 is 1.10 bits per heavy atom. The van der Waals surface area contributed by atoms with E-state index in [0.29, 0.717) is 24.8 Å². The van der Waals surface area contributed by atoms with E-state index in [1.54, 1.807) is 31.4 Å². The van der Waals surface area contributed by atoms with Gasteiger partial charge in [-0.15, -0.1) is 0 Å². The van der Waals surface area contributed by atoms with Gasteiger partial charge in [-0.05, 0) is 55.7 Å². The number of likely N-dealkylation sites (tertiary alicyclic amines) is 1. The molecule has 1 aliphatic rings. The summed E-state index contributed by atoms with van der Waals surface area (Å²) >= 11 is 0. The molecule has 2 aromatic rings. The van der Waals surface area contributed by atoms with Crippen LogP contribution in [0.3, 0.4) is 0 Å². The molecule has 2 heterocycles. The predicted molar refractivity (Wildman–Crippen MR) is 121 cm³/mol. The number of carbonyl (C=O) groups is 2. The molecule has 1 aliphatic heterocycles. The number of amides is 1. The van der Waals surface area contributed by atoms with Gasteiger partial charge in [-0.2, -0.15) is 0 Å². The van der Waals surface area contributed by atoms with Crippen LogP contribution in [0, 0.1) is 0 Å². The Morgan fingerprint density at radius 3 is 2.48 bits per heavy atom. The summed E-state index contributed by atoms with van der Waals surface area (Å²) in [5.41, 5.74) is 1.79. The van der Waals surface area contributed by atoms with E-state index in [0.717, 1.165) is 50.3 Å². The van der Waals surface area contributed by atoms with E-state index in [1.165, 1.54) is 0 Å². The fourth-order valence-electron chi connectivity index (χ4n) is 4.05. The van der Waals surface area contributed by atoms with E-state index in [-0.39, 0.29) is 17.7 Å². The molecule has 31 heavy (non-hydrogen) atoms. The maximum Gasteiger partial charge on any atom is 0.222 e. The van der Waals surface area contributed by atoms with Gasteiger partial charge in [0.2, 0.25) is 5.91 Å². The van der Waals surface area contributed by atoms with Crippen LogP contribution < -0.4 is 4.74 Å². The third-order valence-electron chi connectivity index (χ3n) is 6.12. The van der Waals surface area contributed by atoms with Gasteiger partial charge in [0.05, 0.1) is 7.11 Å². The number of rotatable bonds is 10. The maximum atomic E-state index is 12.6. The number of ketones is 1. The van der Waals surface area contributed by atoms with E-state index in [4.69, 9.17) is 4.74 Å². The molecule has 6 nitrogen and oxygen atoms in total. The highest BCUT2D eigenvalue weighted by Gasteiger charge is 2.25. The first kappa shape index (κ1) is 22.9. The molecule has 3 rings (SSSR count). The lowest BCUT2D eigenvalue weighted by molar-refractivity contribution is -0.132. The van der Waals surface area contributed by atoms with Crippen molar-refractivity contribution in [2.75, 3.05) is 33.8 Å². The zero-order valence-corrected chi connectivity index (χ0v) is 18.6. The third kappa shape index (κ3) is 6.89. The van der Waals surface area contributed by atoms with Gasteiger partial charge in [-0.25, -0.2) is 0 Å². The second kappa shape index (κ2) is 11.6. The molecule has 166 valence electrons. The highest BCUT2D eigenvalue weighted by Crippen LogP contribution is 2.18. The first-order valence-electron chi connectivity index (χ1n) is 11.1. The summed E-state index contributed by atoms with van der Waals surface area (Å²) in [6.45, 7) is 3.02. The van der Waals surface area contributed by atoms with E-state index in [1.807, 2.05) is 30.3 Å². The Bertz CT molecular complexity index is 831. The lowest BCUT2D eigenvalue weighted by atomic mass is 10.0. The SMILES string of the molecule is COc1ccc(C(=O)CCCC(=O)N(C)C2CCN(CCc3ccccn3)CC2)cc1. The summed E-state index contributed by atoms with van der Waals surface area (Å²) < 4.78 is 5.12. The zero-order chi connectivity index (χ0) is 22.1. The van der Waals surface area contributed by atoms with Crippen molar-refractivity contribution < 1.29 is 14.3 Å². The molecular weight excluding hydrogens is 390 g/mol. The predicted octanol–water partition coefficient (Wildman–Crippen LogP) is 3.61. The molecule has 0 aliphatic carbocycles. The minimum Gasteiger partial charge on any atom is -0.497 e. The van der Waals surface area contributed by atoms with Gasteiger partial charge < -0.3 is 14.5 Å². The monoisotopic (exact) mass is 423 g/mol. The first-order chi connectivity index (χ1) is 15.1. The van der Waals surface area contributed by atoms with Gasteiger partial charge in [-0.3, -0.25) is 14.6 Å². The largest absolute Gasteiger partial charge is 0.497 e. The van der Waals surface area contributed by atoms with Gasteiger partial charge in [0.25, 0.3) is 0 Å². The highest BCUT2D eigenvalue weighted by molar-refractivity contribution is 5.96. The van der Waals surface area contributed by atoms with Crippen LogP contribution in [0.25, 0.3) is 0 Å². The van der Waals surface area contributed by atoms with Crippen LogP contribution in [-0.2, 0) is 11.2 Å². The van der Waals surface area contributed by atoms with Gasteiger partial charge in [0.1, 0.15) is 5.75 Å². The van der Waals surface area contributed by atoms with Crippen LogP contribution in [0.1, 0.15) is 48.2 Å². The fourth-order valence-corrected chi connectivity index (χ4v) is 4.05. The molecule has 0 atom stereocenters. The average Bonchev–Trinajstić information content (AvgIpc) is 2.83. The van der Waals surface area contributed by atoms with Crippen LogP contribution in [-0.4, -0.2) is 66.3 Å². The molecule has 0 radical (unpaired) electrons. The minimum absolute atomic E-state index is 0.0688. The van der Waals surface area contributed by atoms with E-state index in [2.05, 4.69) is 16.0 Å². The number of nitrogens with zero attached hydrogens (tertiary/aromatic N) is 3. The number of piperidine rings is 1. The number of hydrogen-bond donors (Lipinski definition) is 0. The standard InChI is InChI=1S/C25H33N3O3/c1-27(22-14-18-28(19-15-22)17-13-21-6-3-4-16-26-21)25(30)8-5-7-24(29)20-9-11-23(31-2)12-10-20/h3-4,6,9-12,16,22H,5,7-8,13-15,17-19H2,1-2H3. The molecule has 0 unspecified atom stereocenters. The number of aromatic nitrogens is 1. The highest BCUT2D eigenvalue weighted by atomic mass is 16.5. The number of pyridine rings is 1. The maximum absolute atomic E-state index is 12.6. The van der Waals surface area contributed by atoms with Gasteiger partial charge in [0, 0.05) is 69.4 Å². The van der Waals surface area contributed by atoms with Crippen molar-refractivity contribution in [2.24, 2.45) is 0 Å². The van der Waals surface area contributed by atoms with Crippen molar-refractivity contribution in [3.05, 3.63) is 59.9 Å². The van der Waals surface area contributed by atoms with Gasteiger partial charge in [0.15, 0.2) is 5.78 Å². The molecule has 1 aromatic carbocycles. The van der Waals surface area contributed by atoms with Crippen molar-refractivity contribution in [3.63, 3.8) is 0 Å². The Morgan fingerprint density at radius 2 is 1.84 bits per heavy atom. The van der Waals surface area contributed by atoms with Crippen molar-refractivity contribution in [3.8, 4) is 5.75 Å². The van der Waals surface area contributed by atoms with E-state index in [9.17, 15) is 9.59 Å². The number of ether oxygens (including phenoxy) is 1. The molecule has 0 bridgehead atoms. The Kier molecular flexibility index (Phi) is 8.59. The number of carbonyl (C=O) groups excluding carboxylic acids is 2. The molecule has 1 amide bonds. The third-order valence-corrected chi connectivity index (χ3v) is 6.12. The fraction of sp³-hybridized carbons (Fsp3) is 0.480. The summed E-state index contributed by atoms with van der Waals surface area (Å²) in [6, 6.07) is 13.4. The van der Waals surface area contributed by atoms with Crippen molar-refractivity contribution in [1.29, 1.82) is 0 Å². The van der Waals surface area contributed by atoms with Crippen molar-refractivity contribution in [2.45, 2.75) is 44.6 Å². The van der Waals surface area contributed by atoms with Crippen LogP contribution in [0.5, 0.6) is 5.75 Å². The van der Waals surface area contributed by atoms with E-state index < -0.39 is 0 Å². The Labute approximate surface area is 185 Å². The smallest absolute Gasteiger partial charge is 0.222 e. The first-order valence-corrected chi connectivity index (χ1v) is 11.1. The quantitative estimate of drug-likeness (QED) is 0.547. The van der Waals surface area contributed by atoms with Crippen LogP contribution in [0.2, 0.25) is 0 Å². The second-order valence-corrected chi connectivity index (χ2v) is 8.15. The van der Waals surface area contributed by atoms with Crippen LogP contribution in [0.4, 0.5) is 0 Å². The molecule has 1 saturated heterocycles. The van der Waals surface area contributed by atoms with Crippen LogP contribution >= 0.6 is 0 Å². The molecular formula is C25H33N3O3. The summed E-state index contributed by atoms with van der Waals surface area (Å²) in [5, 5.41) is 0. The normalized spacial score (nSPS) is 14.9. The topological polar surface area (TPSA) is 62.7 Å². The molecule has 1 aromatic heterocycles. The van der Waals surface area contributed by atoms with Crippen molar-refractivity contribution in [1.82, 2.24) is 14.8 Å². The summed E-state index contributed by atoms with van der Waals surface area (Å²) in [5.74, 6) is 0.935. The Hall–Kier alpha value is -2.73. The number of Topliss-reactive ketones (excluding diaryl/α,β-unsaturated/α-hetero) is 1. The molecule has 0 saturated carbocycles. The van der Waals surface area contributed by atoms with Gasteiger partial charge in [-0.1, -0.05) is 6.07 Å². The Balaban J connectivity index is 1.35. The summed E-state index contributed by atoms with van der Waals surface area (Å²) in [4.78, 5) is 33.7. The van der Waals surface area contributed by atoms with Crippen molar-refractivity contribution >= 4 is 11.7 Å². The van der Waals surface area contributed by atoms with Crippen LogP contribution in [0.15, 0.2) is 48.7 Å². The lowest BCUT2D eigenvalue weighted by Crippen LogP contribution is -2.46. The molecule has 0 spiro atoms. The lowest BCUT2D eigenvalue weighted by Gasteiger charge is -2.36. The molecule has 1 fully saturated rings. The second-order valence-electron chi connectivity index (χ2n) is 8.15.